The molecule has 36 valence electrons. The third kappa shape index (κ3) is 42.4. The van der Waals surface area contributed by atoms with E-state index in [9.17, 15) is 0 Å². The molecule has 0 bridgehead atoms. The SMILES string of the molecule is O.O=[PH](O)O.[KH]. The van der Waals surface area contributed by atoms with Crippen LogP contribution in [-0.4, -0.2) is 66.6 Å². The fourth-order valence-electron chi connectivity index (χ4n) is 0. The second-order valence-corrected chi connectivity index (χ2v) is 0.848. The van der Waals surface area contributed by atoms with Gasteiger partial charge in [-0.1, -0.05) is 0 Å². The van der Waals surface area contributed by atoms with Gasteiger partial charge < -0.3 is 15.3 Å². The molecular formula is H6KO4P. The molecule has 6 heavy (non-hydrogen) atoms. The van der Waals surface area contributed by atoms with Crippen LogP contribution in [0.15, 0.2) is 0 Å². The first-order chi connectivity index (χ1) is 1.73. The van der Waals surface area contributed by atoms with Crippen LogP contribution in [0.25, 0.3) is 0 Å². The Labute approximate surface area is 78.2 Å². The van der Waals surface area contributed by atoms with E-state index in [1.165, 1.54) is 0 Å². The van der Waals surface area contributed by atoms with E-state index in [2.05, 4.69) is 0 Å². The van der Waals surface area contributed by atoms with Gasteiger partial charge in [0.25, 0.3) is 0 Å². The van der Waals surface area contributed by atoms with Gasteiger partial charge in [-0.05, 0) is 0 Å². The first kappa shape index (κ1) is 15.7. The molecule has 4 nitrogen and oxygen atoms in total. The summed E-state index contributed by atoms with van der Waals surface area (Å²) in [4.78, 5) is 14.3. The molecule has 0 aliphatic rings. The molecule has 0 aromatic heterocycles. The molecule has 0 aromatic carbocycles. The van der Waals surface area contributed by atoms with Crippen molar-refractivity contribution in [2.24, 2.45) is 0 Å². The molecule has 0 fully saturated rings. The predicted molar refractivity (Wildman–Crippen MR) is 24.2 cm³/mol. The van der Waals surface area contributed by atoms with Crippen molar-refractivity contribution in [3.05, 3.63) is 0 Å². The Morgan fingerprint density at radius 1 is 1.33 bits per heavy atom. The Morgan fingerprint density at radius 3 is 1.33 bits per heavy atom. The molecule has 0 aliphatic heterocycles. The fraction of sp³-hybridized carbons (Fsp3) is 0. The van der Waals surface area contributed by atoms with Crippen molar-refractivity contribution in [3.63, 3.8) is 0 Å². The third-order valence-electron chi connectivity index (χ3n) is 0. The van der Waals surface area contributed by atoms with E-state index in [-0.39, 0.29) is 56.9 Å². The van der Waals surface area contributed by atoms with Crippen molar-refractivity contribution in [2.45, 2.75) is 0 Å². The van der Waals surface area contributed by atoms with Crippen LogP contribution >= 0.6 is 8.25 Å². The van der Waals surface area contributed by atoms with Crippen molar-refractivity contribution in [2.75, 3.05) is 0 Å². The topological polar surface area (TPSA) is 89.0 Å². The molecule has 0 spiro atoms. The van der Waals surface area contributed by atoms with E-state index in [4.69, 9.17) is 14.4 Å². The molecule has 0 aliphatic carbocycles. The number of hydrogen-bond donors (Lipinski definition) is 2. The average Bonchev–Trinajstić information content (AvgIpc) is 0.811. The van der Waals surface area contributed by atoms with Crippen molar-refractivity contribution in [1.82, 2.24) is 0 Å². The molecule has 0 unspecified atom stereocenters. The molecular weight excluding hydrogens is 134 g/mol. The maximum absolute atomic E-state index is 8.74. The zero-order chi connectivity index (χ0) is 3.58. The van der Waals surface area contributed by atoms with E-state index >= 15 is 0 Å². The van der Waals surface area contributed by atoms with Gasteiger partial charge in [-0.25, -0.2) is 0 Å². The maximum atomic E-state index is 8.74. The summed E-state index contributed by atoms with van der Waals surface area (Å²) >= 11 is 0. The molecule has 0 amide bonds. The zero-order valence-corrected chi connectivity index (χ0v) is 3.30. The van der Waals surface area contributed by atoms with Crippen molar-refractivity contribution >= 4 is 59.6 Å². The normalized spacial score (nSPS) is 5.83. The van der Waals surface area contributed by atoms with Gasteiger partial charge >= 0.3 is 59.6 Å². The third-order valence-corrected chi connectivity index (χ3v) is 0. The Hall–Kier alpha value is 1.75. The minimum atomic E-state index is -3.13. The average molecular weight is 140 g/mol. The molecule has 0 aromatic rings. The van der Waals surface area contributed by atoms with Gasteiger partial charge in [0, 0.05) is 0 Å². The predicted octanol–water partition coefficient (Wildman–Crippen LogP) is -2.11. The molecule has 0 heterocycles. The van der Waals surface area contributed by atoms with Crippen molar-refractivity contribution < 1.29 is 19.8 Å². The Bertz CT molecular complexity index is 30.5. The summed E-state index contributed by atoms with van der Waals surface area (Å²) in [7, 11) is -3.13. The second-order valence-electron chi connectivity index (χ2n) is 0.283. The molecule has 0 saturated carbocycles. The van der Waals surface area contributed by atoms with Gasteiger partial charge in [-0.3, -0.25) is 4.57 Å². The van der Waals surface area contributed by atoms with Crippen molar-refractivity contribution in [3.8, 4) is 0 Å². The van der Waals surface area contributed by atoms with Crippen LogP contribution in [0.4, 0.5) is 0 Å². The Kier molecular flexibility index (Phi) is 25.8. The van der Waals surface area contributed by atoms with Gasteiger partial charge in [0.15, 0.2) is 0 Å². The van der Waals surface area contributed by atoms with Crippen LogP contribution in [0.2, 0.25) is 0 Å². The van der Waals surface area contributed by atoms with Gasteiger partial charge in [0.05, 0.1) is 0 Å². The summed E-state index contributed by atoms with van der Waals surface area (Å²) in [6, 6.07) is 0. The van der Waals surface area contributed by atoms with Gasteiger partial charge in [-0.15, -0.1) is 0 Å². The van der Waals surface area contributed by atoms with Crippen LogP contribution < -0.4 is 0 Å². The molecule has 6 heteroatoms. The van der Waals surface area contributed by atoms with Crippen molar-refractivity contribution in [1.29, 1.82) is 0 Å². The minimum absolute atomic E-state index is 0. The Morgan fingerprint density at radius 2 is 1.33 bits per heavy atom. The van der Waals surface area contributed by atoms with Crippen LogP contribution in [-0.2, 0) is 4.57 Å². The molecule has 0 radical (unpaired) electrons. The standard InChI is InChI=1S/K.H3O3P.H2O.H/c;1-4(2)3;;/h;4H,(H2,1,2,3);1H2;. The zero-order valence-electron chi connectivity index (χ0n) is 2.30. The van der Waals surface area contributed by atoms with Crippen LogP contribution in [0.3, 0.4) is 0 Å². The van der Waals surface area contributed by atoms with E-state index in [1.807, 2.05) is 0 Å². The van der Waals surface area contributed by atoms with Crippen LogP contribution in [0.5, 0.6) is 0 Å². The van der Waals surface area contributed by atoms with E-state index < -0.39 is 8.25 Å². The van der Waals surface area contributed by atoms with Gasteiger partial charge in [0.2, 0.25) is 0 Å². The fourth-order valence-corrected chi connectivity index (χ4v) is 0. The van der Waals surface area contributed by atoms with Gasteiger partial charge in [0.1, 0.15) is 0 Å². The summed E-state index contributed by atoms with van der Waals surface area (Å²) in [5.41, 5.74) is 0. The summed E-state index contributed by atoms with van der Waals surface area (Å²) in [6.07, 6.45) is 0. The quantitative estimate of drug-likeness (QED) is 0.298. The summed E-state index contributed by atoms with van der Waals surface area (Å²) in [5.74, 6) is 0. The summed E-state index contributed by atoms with van der Waals surface area (Å²) in [5, 5.41) is 0. The van der Waals surface area contributed by atoms with E-state index in [0.717, 1.165) is 0 Å². The second kappa shape index (κ2) is 9.89. The molecule has 0 saturated heterocycles. The number of rotatable bonds is 0. The molecule has 0 rings (SSSR count). The first-order valence-corrected chi connectivity index (χ1v) is 1.95. The number of hydrogen-bond acceptors (Lipinski definition) is 1. The Balaban J connectivity index is -0.0000000450. The molecule has 0 atom stereocenters. The van der Waals surface area contributed by atoms with Crippen LogP contribution in [0.1, 0.15) is 0 Å². The summed E-state index contributed by atoms with van der Waals surface area (Å²) < 4.78 is 8.74. The van der Waals surface area contributed by atoms with Crippen LogP contribution in [0, 0.1) is 0 Å². The van der Waals surface area contributed by atoms with Gasteiger partial charge in [-0.2, -0.15) is 0 Å². The molecule has 4 N–H and O–H groups in total. The first-order valence-electron chi connectivity index (χ1n) is 0.651. The van der Waals surface area contributed by atoms with E-state index in [0.29, 0.717) is 0 Å². The summed E-state index contributed by atoms with van der Waals surface area (Å²) in [6.45, 7) is 0. The van der Waals surface area contributed by atoms with E-state index in [1.54, 1.807) is 0 Å². The monoisotopic (exact) mass is 140 g/mol.